The first kappa shape index (κ1) is 18.3. The molecule has 4 nitrogen and oxygen atoms in total. The summed E-state index contributed by atoms with van der Waals surface area (Å²) in [5.74, 6) is 2.64. The van der Waals surface area contributed by atoms with Gasteiger partial charge in [-0.15, -0.1) is 0 Å². The quantitative estimate of drug-likeness (QED) is 0.675. The minimum absolute atomic E-state index is 0.0645. The summed E-state index contributed by atoms with van der Waals surface area (Å²) in [6.45, 7) is 12.6. The predicted octanol–water partition coefficient (Wildman–Crippen LogP) is 4.82. The molecule has 1 amide bonds. The van der Waals surface area contributed by atoms with Crippen LogP contribution in [0.15, 0.2) is 6.07 Å². The third-order valence-corrected chi connectivity index (χ3v) is 9.54. The zero-order valence-electron chi connectivity index (χ0n) is 17.8. The molecule has 0 radical (unpaired) electrons. The molecule has 4 heteroatoms. The molecular weight excluding hydrogens is 350 g/mol. The molecule has 1 aromatic rings. The summed E-state index contributed by atoms with van der Waals surface area (Å²) >= 11 is 0. The van der Waals surface area contributed by atoms with E-state index in [1.807, 2.05) is 0 Å². The van der Waals surface area contributed by atoms with Gasteiger partial charge in [-0.05, 0) is 54.9 Å². The third-order valence-electron chi connectivity index (χ3n) is 9.54. The average molecular weight is 384 g/mol. The highest BCUT2D eigenvalue weighted by atomic mass is 16.5. The van der Waals surface area contributed by atoms with Gasteiger partial charge in [0.15, 0.2) is 0 Å². The molecule has 1 aromatic carbocycles. The zero-order chi connectivity index (χ0) is 20.1. The van der Waals surface area contributed by atoms with Crippen LogP contribution in [0.25, 0.3) is 0 Å². The summed E-state index contributed by atoms with van der Waals surface area (Å²) < 4.78 is 6.97. The number of phenolic OH excluding ortho intramolecular Hbond substituents is 1. The molecule has 5 rings (SSSR count). The largest absolute Gasteiger partial charge is 0.508 e. The molecule has 152 valence electrons. The Morgan fingerprint density at radius 2 is 1.86 bits per heavy atom. The van der Waals surface area contributed by atoms with Crippen molar-refractivity contribution in [2.24, 2.45) is 28.6 Å². The van der Waals surface area contributed by atoms with Crippen molar-refractivity contribution in [3.05, 3.63) is 22.8 Å². The van der Waals surface area contributed by atoms with Crippen LogP contribution in [0, 0.1) is 28.6 Å². The second-order valence-electron chi connectivity index (χ2n) is 10.8. The number of rotatable bonds is 0. The number of benzene rings is 1. The third kappa shape index (κ3) is 1.99. The van der Waals surface area contributed by atoms with Crippen molar-refractivity contribution in [1.29, 1.82) is 0 Å². The molecule has 5 atom stereocenters. The summed E-state index contributed by atoms with van der Waals surface area (Å²) in [5, 5.41) is 13.7. The molecule has 2 aliphatic carbocycles. The first-order chi connectivity index (χ1) is 13.1. The molecule has 2 N–H and O–H groups in total. The van der Waals surface area contributed by atoms with Crippen LogP contribution in [0.5, 0.6) is 11.5 Å². The van der Waals surface area contributed by atoms with Crippen LogP contribution in [0.3, 0.4) is 0 Å². The van der Waals surface area contributed by atoms with Crippen LogP contribution < -0.4 is 10.1 Å². The van der Waals surface area contributed by atoms with Crippen LogP contribution in [-0.4, -0.2) is 16.6 Å². The number of amides is 1. The van der Waals surface area contributed by atoms with Crippen molar-refractivity contribution in [3.63, 3.8) is 0 Å². The van der Waals surface area contributed by atoms with Gasteiger partial charge in [-0.3, -0.25) is 4.79 Å². The highest BCUT2D eigenvalue weighted by Gasteiger charge is 2.66. The first-order valence-corrected chi connectivity index (χ1v) is 11.0. The first-order valence-electron chi connectivity index (χ1n) is 11.0. The maximum absolute atomic E-state index is 12.2. The number of phenols is 1. The van der Waals surface area contributed by atoms with Crippen molar-refractivity contribution in [1.82, 2.24) is 5.32 Å². The smallest absolute Gasteiger partial charge is 0.252 e. The van der Waals surface area contributed by atoms with Crippen molar-refractivity contribution in [2.45, 2.75) is 78.9 Å². The fraction of sp³-hybridized carbons (Fsp3) is 0.708. The van der Waals surface area contributed by atoms with E-state index < -0.39 is 0 Å². The highest BCUT2D eigenvalue weighted by Crippen LogP contribution is 2.68. The van der Waals surface area contributed by atoms with E-state index in [1.54, 1.807) is 6.07 Å². The van der Waals surface area contributed by atoms with E-state index in [2.05, 4.69) is 39.9 Å². The zero-order valence-corrected chi connectivity index (χ0v) is 17.8. The number of hydrogen-bond donors (Lipinski definition) is 2. The van der Waals surface area contributed by atoms with E-state index in [0.29, 0.717) is 29.9 Å². The molecule has 2 aliphatic heterocycles. The number of carbonyl (C=O) groups is 1. The number of fused-ring (bicyclic) bond motifs is 5. The summed E-state index contributed by atoms with van der Waals surface area (Å²) in [6, 6.07) is 1.65. The molecular formula is C24H33NO3. The number of aromatic hydroxyl groups is 1. The van der Waals surface area contributed by atoms with Crippen molar-refractivity contribution >= 4 is 5.91 Å². The Balaban J connectivity index is 1.65. The Bertz CT molecular complexity index is 875. The second kappa shape index (κ2) is 5.46. The van der Waals surface area contributed by atoms with Crippen LogP contribution in [0.4, 0.5) is 0 Å². The Labute approximate surface area is 168 Å². The van der Waals surface area contributed by atoms with Crippen molar-refractivity contribution in [2.75, 3.05) is 0 Å². The maximum atomic E-state index is 12.2. The SMILES string of the molecule is CC1CC[C@@]2(C)C(CCC(C)[C@]23Cc2c(O)cc4c(c2O3)CNC4=O)C1(C)C. The number of hydrogen-bond acceptors (Lipinski definition) is 3. The van der Waals surface area contributed by atoms with Gasteiger partial charge in [-0.2, -0.15) is 0 Å². The molecule has 2 heterocycles. The fourth-order valence-electron chi connectivity index (χ4n) is 7.38. The lowest BCUT2D eigenvalue weighted by atomic mass is 9.42. The van der Waals surface area contributed by atoms with E-state index in [1.165, 1.54) is 19.3 Å². The summed E-state index contributed by atoms with van der Waals surface area (Å²) in [4.78, 5) is 12.2. The van der Waals surface area contributed by atoms with Gasteiger partial charge < -0.3 is 15.2 Å². The molecule has 0 saturated heterocycles. The van der Waals surface area contributed by atoms with Crippen LogP contribution in [-0.2, 0) is 13.0 Å². The normalized spacial score (nSPS) is 40.5. The van der Waals surface area contributed by atoms with Gasteiger partial charge in [0.05, 0.1) is 5.56 Å². The molecule has 0 aromatic heterocycles. The summed E-state index contributed by atoms with van der Waals surface area (Å²) in [6.07, 6.45) is 5.55. The minimum atomic E-state index is -0.298. The lowest BCUT2D eigenvalue weighted by Crippen LogP contribution is -2.65. The van der Waals surface area contributed by atoms with Gasteiger partial charge in [-0.1, -0.05) is 34.6 Å². The lowest BCUT2D eigenvalue weighted by molar-refractivity contribution is -0.197. The van der Waals surface area contributed by atoms with Crippen molar-refractivity contribution < 1.29 is 14.6 Å². The van der Waals surface area contributed by atoms with Crippen LogP contribution in [0.2, 0.25) is 0 Å². The van der Waals surface area contributed by atoms with Gasteiger partial charge in [0.1, 0.15) is 17.1 Å². The number of nitrogens with one attached hydrogen (secondary N) is 1. The van der Waals surface area contributed by atoms with E-state index in [9.17, 15) is 9.90 Å². The Kier molecular flexibility index (Phi) is 3.57. The van der Waals surface area contributed by atoms with E-state index >= 15 is 0 Å². The molecule has 1 spiro atoms. The Morgan fingerprint density at radius 1 is 1.11 bits per heavy atom. The van der Waals surface area contributed by atoms with E-state index in [4.69, 9.17) is 4.74 Å². The minimum Gasteiger partial charge on any atom is -0.508 e. The number of carbonyl (C=O) groups excluding carboxylic acids is 1. The standard InChI is InChI=1S/C24H33NO3/c1-13-8-9-23(5)19(22(13,3)4)7-6-14(2)24(23)11-16-18(26)10-15-17(20(16)28-24)12-25-21(15)27/h10,13-14,19,26H,6-9,11-12H2,1-5H3,(H,25,27)/t13?,14?,19?,23-,24+/m0/s1. The van der Waals surface area contributed by atoms with Gasteiger partial charge in [0, 0.05) is 29.5 Å². The van der Waals surface area contributed by atoms with Crippen LogP contribution >= 0.6 is 0 Å². The fourth-order valence-corrected chi connectivity index (χ4v) is 7.38. The van der Waals surface area contributed by atoms with E-state index in [-0.39, 0.29) is 28.1 Å². The van der Waals surface area contributed by atoms with Gasteiger partial charge >= 0.3 is 0 Å². The molecule has 0 bridgehead atoms. The maximum Gasteiger partial charge on any atom is 0.252 e. The molecule has 28 heavy (non-hydrogen) atoms. The van der Waals surface area contributed by atoms with Crippen molar-refractivity contribution in [3.8, 4) is 11.5 Å². The summed E-state index contributed by atoms with van der Waals surface area (Å²) in [7, 11) is 0. The van der Waals surface area contributed by atoms with Gasteiger partial charge in [0.25, 0.3) is 5.91 Å². The van der Waals surface area contributed by atoms with E-state index in [0.717, 1.165) is 29.7 Å². The van der Waals surface area contributed by atoms with Crippen LogP contribution in [0.1, 0.15) is 81.8 Å². The average Bonchev–Trinajstić information content (AvgIpc) is 3.20. The molecule has 4 aliphatic rings. The lowest BCUT2D eigenvalue weighted by Gasteiger charge is -2.64. The molecule has 2 saturated carbocycles. The predicted molar refractivity (Wildman–Crippen MR) is 109 cm³/mol. The Hall–Kier alpha value is -1.71. The monoisotopic (exact) mass is 383 g/mol. The number of ether oxygens (including phenoxy) is 1. The molecule has 3 unspecified atom stereocenters. The van der Waals surface area contributed by atoms with Gasteiger partial charge in [0.2, 0.25) is 0 Å². The topological polar surface area (TPSA) is 58.6 Å². The summed E-state index contributed by atoms with van der Waals surface area (Å²) in [5.41, 5.74) is 2.48. The molecule has 2 fully saturated rings. The Morgan fingerprint density at radius 3 is 2.61 bits per heavy atom. The second-order valence-corrected chi connectivity index (χ2v) is 10.8. The highest BCUT2D eigenvalue weighted by molar-refractivity contribution is 6.00. The van der Waals surface area contributed by atoms with Gasteiger partial charge in [-0.25, -0.2) is 0 Å².